The van der Waals surface area contributed by atoms with E-state index in [1.54, 1.807) is 23.5 Å². The smallest absolute Gasteiger partial charge is 0.244 e. The fourth-order valence-electron chi connectivity index (χ4n) is 2.96. The molecule has 1 aromatic carbocycles. The standard InChI is InChI=1S/C21H27N3O2S/c1-3-24(19-9-10-19)13-12-22-21(25)11-8-17-6-4-5-7-20(17)26-14-18-15-27-16(2)23-18/h4-8,11,15,19H,3,9-10,12-14H2,1-2H3,(H,22,25)/b11-8+. The van der Waals surface area contributed by atoms with Crippen LogP contribution in [0.15, 0.2) is 35.7 Å². The van der Waals surface area contributed by atoms with E-state index in [9.17, 15) is 4.79 Å². The highest BCUT2D eigenvalue weighted by Gasteiger charge is 2.27. The summed E-state index contributed by atoms with van der Waals surface area (Å²) < 4.78 is 5.88. The Kier molecular flexibility index (Phi) is 7.01. The zero-order valence-corrected chi connectivity index (χ0v) is 16.8. The van der Waals surface area contributed by atoms with Gasteiger partial charge in [0, 0.05) is 36.2 Å². The van der Waals surface area contributed by atoms with E-state index in [1.807, 2.05) is 36.6 Å². The molecule has 1 aromatic heterocycles. The van der Waals surface area contributed by atoms with Gasteiger partial charge in [0.2, 0.25) is 5.91 Å². The summed E-state index contributed by atoms with van der Waals surface area (Å²) in [7, 11) is 0. The maximum absolute atomic E-state index is 12.1. The molecule has 0 aliphatic heterocycles. The fraction of sp³-hybridized carbons (Fsp3) is 0.429. The van der Waals surface area contributed by atoms with Crippen molar-refractivity contribution in [3.63, 3.8) is 0 Å². The molecule has 1 fully saturated rings. The number of nitrogens with one attached hydrogen (secondary N) is 1. The first kappa shape index (κ1) is 19.6. The lowest BCUT2D eigenvalue weighted by molar-refractivity contribution is -0.116. The minimum Gasteiger partial charge on any atom is -0.487 e. The van der Waals surface area contributed by atoms with Crippen molar-refractivity contribution >= 4 is 23.3 Å². The second kappa shape index (κ2) is 9.67. The number of likely N-dealkylation sites (N-methyl/N-ethyl adjacent to an activating group) is 1. The maximum atomic E-state index is 12.1. The molecule has 0 unspecified atom stereocenters. The molecule has 0 radical (unpaired) electrons. The molecule has 3 rings (SSSR count). The van der Waals surface area contributed by atoms with E-state index < -0.39 is 0 Å². The van der Waals surface area contributed by atoms with Gasteiger partial charge in [-0.3, -0.25) is 9.69 Å². The van der Waals surface area contributed by atoms with E-state index in [-0.39, 0.29) is 5.91 Å². The van der Waals surface area contributed by atoms with Crippen LogP contribution in [0.25, 0.3) is 6.08 Å². The van der Waals surface area contributed by atoms with Crippen LogP contribution in [-0.2, 0) is 11.4 Å². The van der Waals surface area contributed by atoms with Crippen LogP contribution in [0.1, 0.15) is 36.0 Å². The van der Waals surface area contributed by atoms with Crippen LogP contribution in [-0.4, -0.2) is 41.5 Å². The Labute approximate surface area is 165 Å². The van der Waals surface area contributed by atoms with E-state index in [0.717, 1.165) is 41.1 Å². The van der Waals surface area contributed by atoms with Gasteiger partial charge in [-0.25, -0.2) is 4.98 Å². The zero-order valence-electron chi connectivity index (χ0n) is 16.0. The molecule has 1 amide bonds. The Morgan fingerprint density at radius 3 is 2.93 bits per heavy atom. The van der Waals surface area contributed by atoms with Gasteiger partial charge in [-0.15, -0.1) is 11.3 Å². The molecule has 0 bridgehead atoms. The maximum Gasteiger partial charge on any atom is 0.244 e. The number of hydrogen-bond acceptors (Lipinski definition) is 5. The summed E-state index contributed by atoms with van der Waals surface area (Å²) in [5, 5.41) is 6.00. The molecule has 1 saturated carbocycles. The van der Waals surface area contributed by atoms with E-state index in [0.29, 0.717) is 13.2 Å². The highest BCUT2D eigenvalue weighted by atomic mass is 32.1. The van der Waals surface area contributed by atoms with Gasteiger partial charge < -0.3 is 10.1 Å². The van der Waals surface area contributed by atoms with Gasteiger partial charge in [-0.1, -0.05) is 25.1 Å². The van der Waals surface area contributed by atoms with Crippen LogP contribution >= 0.6 is 11.3 Å². The molecule has 1 aliphatic rings. The van der Waals surface area contributed by atoms with Crippen molar-refractivity contribution in [2.45, 2.75) is 39.3 Å². The third-order valence-corrected chi connectivity index (χ3v) is 5.37. The third kappa shape index (κ3) is 6.19. The summed E-state index contributed by atoms with van der Waals surface area (Å²) in [6.07, 6.45) is 5.95. The number of nitrogens with zero attached hydrogens (tertiary/aromatic N) is 2. The van der Waals surface area contributed by atoms with E-state index in [1.165, 1.54) is 12.8 Å². The number of carbonyl (C=O) groups is 1. The molecule has 6 heteroatoms. The Morgan fingerprint density at radius 1 is 1.41 bits per heavy atom. The van der Waals surface area contributed by atoms with Gasteiger partial charge >= 0.3 is 0 Å². The number of hydrogen-bond donors (Lipinski definition) is 1. The van der Waals surface area contributed by atoms with Crippen LogP contribution in [0.5, 0.6) is 5.75 Å². The first-order chi connectivity index (χ1) is 13.2. The summed E-state index contributed by atoms with van der Waals surface area (Å²) in [6.45, 7) is 7.20. The summed E-state index contributed by atoms with van der Waals surface area (Å²) in [5.41, 5.74) is 1.80. The van der Waals surface area contributed by atoms with Crippen LogP contribution in [0.4, 0.5) is 0 Å². The lowest BCUT2D eigenvalue weighted by Crippen LogP contribution is -2.35. The number of aryl methyl sites for hydroxylation is 1. The molecule has 1 aliphatic carbocycles. The quantitative estimate of drug-likeness (QED) is 0.635. The van der Waals surface area contributed by atoms with E-state index in [2.05, 4.69) is 22.1 Å². The minimum absolute atomic E-state index is 0.0771. The Bertz CT molecular complexity index is 783. The topological polar surface area (TPSA) is 54.5 Å². The Balaban J connectivity index is 1.49. The van der Waals surface area contributed by atoms with Gasteiger partial charge in [0.1, 0.15) is 12.4 Å². The molecule has 0 saturated heterocycles. The number of rotatable bonds is 10. The molecular formula is C21H27N3O2S. The van der Waals surface area contributed by atoms with Crippen molar-refractivity contribution in [2.24, 2.45) is 0 Å². The lowest BCUT2D eigenvalue weighted by Gasteiger charge is -2.19. The highest BCUT2D eigenvalue weighted by Crippen LogP contribution is 2.25. The number of carbonyl (C=O) groups excluding carboxylic acids is 1. The predicted molar refractivity (Wildman–Crippen MR) is 110 cm³/mol. The summed E-state index contributed by atoms with van der Waals surface area (Å²) >= 11 is 1.61. The fourth-order valence-corrected chi connectivity index (χ4v) is 3.56. The van der Waals surface area contributed by atoms with Crippen molar-refractivity contribution in [2.75, 3.05) is 19.6 Å². The SMILES string of the molecule is CCN(CCNC(=O)/C=C/c1ccccc1OCc1csc(C)n1)C1CC1. The van der Waals surface area contributed by atoms with E-state index >= 15 is 0 Å². The summed E-state index contributed by atoms with van der Waals surface area (Å²) in [5.74, 6) is 0.671. The van der Waals surface area contributed by atoms with Crippen molar-refractivity contribution < 1.29 is 9.53 Å². The lowest BCUT2D eigenvalue weighted by atomic mass is 10.2. The zero-order chi connectivity index (χ0) is 19.1. The molecule has 0 spiro atoms. The Morgan fingerprint density at radius 2 is 2.22 bits per heavy atom. The second-order valence-electron chi connectivity index (χ2n) is 6.67. The predicted octanol–water partition coefficient (Wildman–Crippen LogP) is 3.64. The number of ether oxygens (including phenoxy) is 1. The normalized spacial score (nSPS) is 14.0. The van der Waals surface area contributed by atoms with Crippen LogP contribution in [0, 0.1) is 6.92 Å². The van der Waals surface area contributed by atoms with Crippen molar-refractivity contribution in [3.8, 4) is 5.75 Å². The number of para-hydroxylation sites is 1. The molecular weight excluding hydrogens is 358 g/mol. The first-order valence-corrected chi connectivity index (χ1v) is 10.4. The van der Waals surface area contributed by atoms with Gasteiger partial charge in [0.15, 0.2) is 0 Å². The van der Waals surface area contributed by atoms with E-state index in [4.69, 9.17) is 4.74 Å². The number of amides is 1. The molecule has 1 heterocycles. The minimum atomic E-state index is -0.0771. The van der Waals surface area contributed by atoms with Crippen LogP contribution < -0.4 is 10.1 Å². The molecule has 144 valence electrons. The van der Waals surface area contributed by atoms with Gasteiger partial charge in [-0.05, 0) is 38.5 Å². The number of benzene rings is 1. The molecule has 1 N–H and O–H groups in total. The molecule has 5 nitrogen and oxygen atoms in total. The average molecular weight is 386 g/mol. The van der Waals surface area contributed by atoms with Crippen molar-refractivity contribution in [1.82, 2.24) is 15.2 Å². The monoisotopic (exact) mass is 385 g/mol. The van der Waals surface area contributed by atoms with Crippen LogP contribution in [0.3, 0.4) is 0 Å². The first-order valence-electron chi connectivity index (χ1n) is 9.48. The third-order valence-electron chi connectivity index (χ3n) is 4.54. The van der Waals surface area contributed by atoms with Gasteiger partial charge in [0.25, 0.3) is 0 Å². The largest absolute Gasteiger partial charge is 0.487 e. The Hall–Kier alpha value is -2.18. The number of aromatic nitrogens is 1. The van der Waals surface area contributed by atoms with Crippen molar-refractivity contribution in [3.05, 3.63) is 52.0 Å². The van der Waals surface area contributed by atoms with Gasteiger partial charge in [-0.2, -0.15) is 0 Å². The highest BCUT2D eigenvalue weighted by molar-refractivity contribution is 7.09. The molecule has 0 atom stereocenters. The second-order valence-corrected chi connectivity index (χ2v) is 7.73. The van der Waals surface area contributed by atoms with Gasteiger partial charge in [0.05, 0.1) is 10.7 Å². The average Bonchev–Trinajstić information content (AvgIpc) is 3.43. The molecule has 2 aromatic rings. The summed E-state index contributed by atoms with van der Waals surface area (Å²) in [4.78, 5) is 18.9. The number of thiazole rings is 1. The summed E-state index contributed by atoms with van der Waals surface area (Å²) in [6, 6.07) is 8.44. The molecule has 27 heavy (non-hydrogen) atoms. The van der Waals surface area contributed by atoms with Crippen molar-refractivity contribution in [1.29, 1.82) is 0 Å². The van der Waals surface area contributed by atoms with Crippen LogP contribution in [0.2, 0.25) is 0 Å².